The van der Waals surface area contributed by atoms with Crippen LogP contribution in [0.25, 0.3) is 11.7 Å². The minimum Gasteiger partial charge on any atom is -0.459 e. The van der Waals surface area contributed by atoms with E-state index in [4.69, 9.17) is 8.83 Å². The summed E-state index contributed by atoms with van der Waals surface area (Å²) in [5.74, 6) is 1.24. The molecule has 0 bridgehead atoms. The van der Waals surface area contributed by atoms with Crippen LogP contribution in [0.5, 0.6) is 0 Å². The van der Waals surface area contributed by atoms with Crippen molar-refractivity contribution in [2.45, 2.75) is 19.4 Å². The molecule has 1 aromatic carbocycles. The number of hydrogen-bond acceptors (Lipinski definition) is 6. The van der Waals surface area contributed by atoms with Gasteiger partial charge in [-0.05, 0) is 30.5 Å². The molecule has 1 N–H and O–H groups in total. The lowest BCUT2D eigenvalue weighted by Crippen LogP contribution is -2.40. The van der Waals surface area contributed by atoms with Gasteiger partial charge in [0.25, 0.3) is 5.89 Å². The number of piperidine rings is 1. The van der Waals surface area contributed by atoms with Gasteiger partial charge in [0.05, 0.1) is 6.26 Å². The lowest BCUT2D eigenvalue weighted by molar-refractivity contribution is -0.125. The van der Waals surface area contributed by atoms with Crippen LogP contribution >= 0.6 is 0 Å². The van der Waals surface area contributed by atoms with Crippen molar-refractivity contribution in [3.05, 3.63) is 60.0 Å². The summed E-state index contributed by atoms with van der Waals surface area (Å²) in [6.45, 7) is 1.79. The van der Waals surface area contributed by atoms with Gasteiger partial charge in [-0.25, -0.2) is 0 Å². The number of rotatable bonds is 5. The number of nitriles is 1. The third kappa shape index (κ3) is 3.76. The first-order chi connectivity index (χ1) is 13.7. The van der Waals surface area contributed by atoms with E-state index in [-0.39, 0.29) is 17.5 Å². The zero-order valence-corrected chi connectivity index (χ0v) is 15.3. The number of nitrogens with zero attached hydrogens (tertiary/aromatic N) is 3. The molecule has 1 fully saturated rings. The van der Waals surface area contributed by atoms with Crippen molar-refractivity contribution >= 4 is 11.8 Å². The zero-order valence-electron chi connectivity index (χ0n) is 15.3. The van der Waals surface area contributed by atoms with E-state index in [1.54, 1.807) is 12.1 Å². The molecule has 4 rings (SSSR count). The van der Waals surface area contributed by atoms with Gasteiger partial charge in [0.1, 0.15) is 6.07 Å². The fraction of sp³-hybridized carbons (Fsp3) is 0.286. The molecule has 0 saturated carbocycles. The SMILES string of the molecule is N#Cc1nc(-c2ccco2)oc1N1CCC(C(=O)NCc2ccccc2)CC1. The lowest BCUT2D eigenvalue weighted by atomic mass is 9.96. The molecular formula is C21H20N4O3. The van der Waals surface area contributed by atoms with Gasteiger partial charge < -0.3 is 19.1 Å². The van der Waals surface area contributed by atoms with Crippen molar-refractivity contribution in [2.24, 2.45) is 5.92 Å². The van der Waals surface area contributed by atoms with E-state index in [1.165, 1.54) is 6.26 Å². The van der Waals surface area contributed by atoms with Crippen LogP contribution in [0.3, 0.4) is 0 Å². The summed E-state index contributed by atoms with van der Waals surface area (Å²) < 4.78 is 11.1. The number of anilines is 1. The number of hydrogen-bond donors (Lipinski definition) is 1. The normalized spacial score (nSPS) is 14.6. The average Bonchev–Trinajstić information content (AvgIpc) is 3.42. The maximum Gasteiger partial charge on any atom is 0.266 e. The highest BCUT2D eigenvalue weighted by molar-refractivity contribution is 5.79. The van der Waals surface area contributed by atoms with E-state index >= 15 is 0 Å². The van der Waals surface area contributed by atoms with Crippen molar-refractivity contribution in [1.29, 1.82) is 5.26 Å². The van der Waals surface area contributed by atoms with Crippen LogP contribution in [0.15, 0.2) is 57.6 Å². The number of aromatic nitrogens is 1. The summed E-state index contributed by atoms with van der Waals surface area (Å²) in [5, 5.41) is 12.4. The van der Waals surface area contributed by atoms with Crippen LogP contribution in [-0.2, 0) is 11.3 Å². The second-order valence-corrected chi connectivity index (χ2v) is 6.73. The largest absolute Gasteiger partial charge is 0.459 e. The molecule has 142 valence electrons. The molecule has 7 heteroatoms. The van der Waals surface area contributed by atoms with Gasteiger partial charge in [0, 0.05) is 25.6 Å². The molecule has 3 aromatic rings. The summed E-state index contributed by atoms with van der Waals surface area (Å²) in [6, 6.07) is 15.4. The minimum atomic E-state index is -0.0436. The molecule has 1 amide bonds. The Bertz CT molecular complexity index is 965. The Kier molecular flexibility index (Phi) is 5.11. The number of benzene rings is 1. The number of amides is 1. The van der Waals surface area contributed by atoms with Crippen LogP contribution in [0.4, 0.5) is 5.88 Å². The molecule has 3 heterocycles. The summed E-state index contributed by atoms with van der Waals surface area (Å²) in [7, 11) is 0. The molecule has 1 saturated heterocycles. The molecule has 1 aliphatic heterocycles. The Labute approximate surface area is 162 Å². The lowest BCUT2D eigenvalue weighted by Gasteiger charge is -2.30. The first kappa shape index (κ1) is 17.9. The molecule has 2 aromatic heterocycles. The van der Waals surface area contributed by atoms with E-state index in [0.29, 0.717) is 50.0 Å². The van der Waals surface area contributed by atoms with E-state index in [2.05, 4.69) is 16.4 Å². The first-order valence-electron chi connectivity index (χ1n) is 9.26. The summed E-state index contributed by atoms with van der Waals surface area (Å²) in [5.41, 5.74) is 1.32. The minimum absolute atomic E-state index is 0.0436. The van der Waals surface area contributed by atoms with Crippen molar-refractivity contribution in [1.82, 2.24) is 10.3 Å². The molecule has 1 aliphatic rings. The highest BCUT2D eigenvalue weighted by Crippen LogP contribution is 2.31. The molecule has 0 atom stereocenters. The van der Waals surface area contributed by atoms with Crippen molar-refractivity contribution < 1.29 is 13.6 Å². The number of carbonyl (C=O) groups is 1. The second-order valence-electron chi connectivity index (χ2n) is 6.73. The fourth-order valence-corrected chi connectivity index (χ4v) is 3.38. The molecule has 0 spiro atoms. The number of furan rings is 1. The summed E-state index contributed by atoms with van der Waals surface area (Å²) >= 11 is 0. The van der Waals surface area contributed by atoms with Crippen LogP contribution in [0.1, 0.15) is 24.1 Å². The van der Waals surface area contributed by atoms with Gasteiger partial charge in [-0.15, -0.1) is 0 Å². The molecule has 0 unspecified atom stereocenters. The van der Waals surface area contributed by atoms with Gasteiger partial charge in [0.2, 0.25) is 17.5 Å². The van der Waals surface area contributed by atoms with Crippen molar-refractivity contribution in [3.63, 3.8) is 0 Å². The average molecular weight is 376 g/mol. The van der Waals surface area contributed by atoms with Gasteiger partial charge in [-0.2, -0.15) is 10.2 Å². The first-order valence-corrected chi connectivity index (χ1v) is 9.26. The molecular weight excluding hydrogens is 356 g/mol. The van der Waals surface area contributed by atoms with Gasteiger partial charge >= 0.3 is 0 Å². The highest BCUT2D eigenvalue weighted by Gasteiger charge is 2.29. The van der Waals surface area contributed by atoms with Gasteiger partial charge in [-0.1, -0.05) is 30.3 Å². The Morgan fingerprint density at radius 1 is 1.21 bits per heavy atom. The molecule has 0 radical (unpaired) electrons. The quantitative estimate of drug-likeness (QED) is 0.734. The predicted octanol–water partition coefficient (Wildman–Crippen LogP) is 3.34. The monoisotopic (exact) mass is 376 g/mol. The van der Waals surface area contributed by atoms with E-state index < -0.39 is 0 Å². The predicted molar refractivity (Wildman–Crippen MR) is 102 cm³/mol. The third-order valence-electron chi connectivity index (χ3n) is 4.91. The van der Waals surface area contributed by atoms with Crippen LogP contribution in [0, 0.1) is 17.2 Å². The van der Waals surface area contributed by atoms with Crippen LogP contribution < -0.4 is 10.2 Å². The van der Waals surface area contributed by atoms with Crippen LogP contribution in [-0.4, -0.2) is 24.0 Å². The second kappa shape index (κ2) is 8.01. The smallest absolute Gasteiger partial charge is 0.266 e. The van der Waals surface area contributed by atoms with Crippen molar-refractivity contribution in [3.8, 4) is 17.7 Å². The Morgan fingerprint density at radius 2 is 2.00 bits per heavy atom. The van der Waals surface area contributed by atoms with Gasteiger partial charge in [0.15, 0.2) is 5.76 Å². The Morgan fingerprint density at radius 3 is 2.68 bits per heavy atom. The maximum absolute atomic E-state index is 12.5. The van der Waals surface area contributed by atoms with Crippen molar-refractivity contribution in [2.75, 3.05) is 18.0 Å². The summed E-state index contributed by atoms with van der Waals surface area (Å²) in [4.78, 5) is 18.7. The Hall–Kier alpha value is -3.53. The standard InChI is InChI=1S/C21H20N4O3/c22-13-17-21(28-20(24-17)18-7-4-12-27-18)25-10-8-16(9-11-25)19(26)23-14-15-5-2-1-3-6-15/h1-7,12,16H,8-11,14H2,(H,23,26). The summed E-state index contributed by atoms with van der Waals surface area (Å²) in [6.07, 6.45) is 2.93. The highest BCUT2D eigenvalue weighted by atomic mass is 16.4. The number of oxazole rings is 1. The van der Waals surface area contributed by atoms with E-state index in [0.717, 1.165) is 5.56 Å². The topological polar surface area (TPSA) is 95.3 Å². The van der Waals surface area contributed by atoms with E-state index in [9.17, 15) is 10.1 Å². The Balaban J connectivity index is 1.36. The molecule has 28 heavy (non-hydrogen) atoms. The van der Waals surface area contributed by atoms with Gasteiger partial charge in [-0.3, -0.25) is 4.79 Å². The molecule has 7 nitrogen and oxygen atoms in total. The maximum atomic E-state index is 12.5. The number of nitrogens with one attached hydrogen (secondary N) is 1. The van der Waals surface area contributed by atoms with E-state index in [1.807, 2.05) is 35.2 Å². The van der Waals surface area contributed by atoms with Crippen LogP contribution in [0.2, 0.25) is 0 Å². The zero-order chi connectivity index (χ0) is 19.3. The molecule has 0 aliphatic carbocycles. The fourth-order valence-electron chi connectivity index (χ4n) is 3.38. The third-order valence-corrected chi connectivity index (χ3v) is 4.91. The number of carbonyl (C=O) groups excluding carboxylic acids is 1.